The normalized spacial score (nSPS) is 27.2. The fourth-order valence-corrected chi connectivity index (χ4v) is 4.66. The van der Waals surface area contributed by atoms with Crippen LogP contribution in [0, 0.1) is 22.7 Å². The van der Waals surface area contributed by atoms with Gasteiger partial charge in [0.15, 0.2) is 5.57 Å². The molecular weight excluding hydrogens is 324 g/mol. The van der Waals surface area contributed by atoms with Gasteiger partial charge in [0.2, 0.25) is 0 Å². The minimum Gasteiger partial charge on any atom is -0.355 e. The van der Waals surface area contributed by atoms with Crippen molar-refractivity contribution < 1.29 is 0 Å². The number of rotatable bonds is 6. The molecule has 0 aromatic rings. The van der Waals surface area contributed by atoms with E-state index in [-0.39, 0.29) is 5.57 Å². The molecular formula is C20H32N6. The van der Waals surface area contributed by atoms with Crippen LogP contribution in [-0.2, 0) is 0 Å². The first kappa shape index (κ1) is 19.0. The lowest BCUT2D eigenvalue weighted by molar-refractivity contribution is 0.161. The molecule has 3 fully saturated rings. The molecule has 3 heterocycles. The molecule has 3 aliphatic heterocycles. The topological polar surface area (TPSA) is 60.5 Å². The first-order chi connectivity index (χ1) is 12.6. The van der Waals surface area contributed by atoms with Crippen molar-refractivity contribution in [2.75, 3.05) is 45.9 Å². The summed E-state index contributed by atoms with van der Waals surface area (Å²) in [5.41, 5.74) is 0.267. The van der Waals surface area contributed by atoms with Gasteiger partial charge in [-0.3, -0.25) is 4.90 Å². The molecule has 26 heavy (non-hydrogen) atoms. The van der Waals surface area contributed by atoms with Crippen molar-refractivity contribution in [2.24, 2.45) is 0 Å². The third-order valence-corrected chi connectivity index (χ3v) is 6.29. The lowest BCUT2D eigenvalue weighted by Crippen LogP contribution is -2.39. The summed E-state index contributed by atoms with van der Waals surface area (Å²) < 4.78 is 0. The summed E-state index contributed by atoms with van der Waals surface area (Å²) in [7, 11) is 0. The molecule has 0 N–H and O–H groups in total. The van der Waals surface area contributed by atoms with Crippen LogP contribution in [0.2, 0.25) is 0 Å². The number of hydrogen-bond acceptors (Lipinski definition) is 6. The average Bonchev–Trinajstić information content (AvgIpc) is 3.33. The fourth-order valence-electron chi connectivity index (χ4n) is 4.66. The zero-order valence-corrected chi connectivity index (χ0v) is 16.3. The monoisotopic (exact) mass is 356 g/mol. The van der Waals surface area contributed by atoms with Crippen LogP contribution in [0.4, 0.5) is 0 Å². The van der Waals surface area contributed by atoms with E-state index in [4.69, 9.17) is 0 Å². The second kappa shape index (κ2) is 8.75. The number of hydrogen-bond donors (Lipinski definition) is 0. The van der Waals surface area contributed by atoms with Crippen molar-refractivity contribution in [2.45, 2.75) is 58.0 Å². The molecule has 3 rings (SSSR count). The van der Waals surface area contributed by atoms with Gasteiger partial charge in [-0.25, -0.2) is 0 Å². The standard InChI is InChI=1S/C20H32N6/c1-17-6-3-8-23(17)10-5-11-24-12-13-26(20(24)19(14-21)15-22)16-25-9-4-7-18(25)2/h17-18H,3-13,16H2,1-2H3. The van der Waals surface area contributed by atoms with Gasteiger partial charge in [0.05, 0.1) is 6.67 Å². The van der Waals surface area contributed by atoms with Crippen molar-refractivity contribution in [1.29, 1.82) is 10.5 Å². The van der Waals surface area contributed by atoms with Gasteiger partial charge in [-0.2, -0.15) is 10.5 Å². The van der Waals surface area contributed by atoms with E-state index in [0.717, 1.165) is 51.6 Å². The van der Waals surface area contributed by atoms with Gasteiger partial charge in [0.25, 0.3) is 0 Å². The van der Waals surface area contributed by atoms with Crippen LogP contribution in [-0.4, -0.2) is 77.6 Å². The summed E-state index contributed by atoms with van der Waals surface area (Å²) in [5, 5.41) is 18.9. The Bertz CT molecular complexity index is 584. The Kier molecular flexibility index (Phi) is 6.40. The first-order valence-corrected chi connectivity index (χ1v) is 10.2. The first-order valence-electron chi connectivity index (χ1n) is 10.2. The van der Waals surface area contributed by atoms with Gasteiger partial charge < -0.3 is 14.7 Å². The molecule has 0 saturated carbocycles. The smallest absolute Gasteiger partial charge is 0.169 e. The highest BCUT2D eigenvalue weighted by Crippen LogP contribution is 2.26. The van der Waals surface area contributed by atoms with Crippen LogP contribution in [0.1, 0.15) is 46.0 Å². The highest BCUT2D eigenvalue weighted by molar-refractivity contribution is 5.40. The van der Waals surface area contributed by atoms with E-state index in [0.29, 0.717) is 12.1 Å². The predicted molar refractivity (Wildman–Crippen MR) is 102 cm³/mol. The van der Waals surface area contributed by atoms with Crippen molar-refractivity contribution in [3.05, 3.63) is 11.4 Å². The van der Waals surface area contributed by atoms with Gasteiger partial charge >= 0.3 is 0 Å². The Labute approximate surface area is 158 Å². The Morgan fingerprint density at radius 2 is 1.50 bits per heavy atom. The van der Waals surface area contributed by atoms with Gasteiger partial charge in [-0.15, -0.1) is 0 Å². The van der Waals surface area contributed by atoms with E-state index in [1.54, 1.807) is 0 Å². The van der Waals surface area contributed by atoms with Crippen molar-refractivity contribution >= 4 is 0 Å². The largest absolute Gasteiger partial charge is 0.355 e. The minimum absolute atomic E-state index is 0.267. The maximum atomic E-state index is 9.46. The molecule has 0 spiro atoms. The van der Waals surface area contributed by atoms with Gasteiger partial charge in [0, 0.05) is 44.8 Å². The average molecular weight is 357 g/mol. The Balaban J connectivity index is 1.62. The predicted octanol–water partition coefficient (Wildman–Crippen LogP) is 2.18. The third-order valence-electron chi connectivity index (χ3n) is 6.29. The molecule has 2 atom stereocenters. The molecule has 0 aliphatic carbocycles. The van der Waals surface area contributed by atoms with Crippen molar-refractivity contribution in [1.82, 2.24) is 19.6 Å². The van der Waals surface area contributed by atoms with Crippen LogP contribution in [0.15, 0.2) is 11.4 Å². The SMILES string of the molecule is CC1CCCN1CCCN1CCN(CN2CCCC2C)C1=C(C#N)C#N. The molecule has 0 bridgehead atoms. The molecule has 6 nitrogen and oxygen atoms in total. The Morgan fingerprint density at radius 1 is 0.885 bits per heavy atom. The summed E-state index contributed by atoms with van der Waals surface area (Å²) in [6.07, 6.45) is 6.20. The van der Waals surface area contributed by atoms with E-state index in [1.807, 2.05) is 0 Å². The van der Waals surface area contributed by atoms with Crippen molar-refractivity contribution in [3.63, 3.8) is 0 Å². The maximum absolute atomic E-state index is 9.46. The quantitative estimate of drug-likeness (QED) is 0.680. The van der Waals surface area contributed by atoms with Crippen LogP contribution in [0.5, 0.6) is 0 Å². The second-order valence-electron chi connectivity index (χ2n) is 8.00. The van der Waals surface area contributed by atoms with E-state index < -0.39 is 0 Å². The minimum atomic E-state index is 0.267. The lowest BCUT2D eigenvalue weighted by Gasteiger charge is -2.31. The molecule has 6 heteroatoms. The molecule has 0 radical (unpaired) electrons. The van der Waals surface area contributed by atoms with Crippen LogP contribution >= 0.6 is 0 Å². The van der Waals surface area contributed by atoms with Crippen molar-refractivity contribution in [3.8, 4) is 12.1 Å². The van der Waals surface area contributed by atoms with E-state index >= 15 is 0 Å². The highest BCUT2D eigenvalue weighted by atomic mass is 15.5. The van der Waals surface area contributed by atoms with E-state index in [1.165, 1.54) is 32.2 Å². The number of nitrogens with zero attached hydrogens (tertiary/aromatic N) is 6. The number of nitriles is 2. The molecule has 0 aromatic carbocycles. The highest BCUT2D eigenvalue weighted by Gasteiger charge is 2.31. The molecule has 0 aromatic heterocycles. The summed E-state index contributed by atoms with van der Waals surface area (Å²) in [4.78, 5) is 9.56. The summed E-state index contributed by atoms with van der Waals surface area (Å²) in [6, 6.07) is 5.56. The van der Waals surface area contributed by atoms with Crippen LogP contribution in [0.3, 0.4) is 0 Å². The second-order valence-corrected chi connectivity index (χ2v) is 8.00. The fraction of sp³-hybridized carbons (Fsp3) is 0.800. The maximum Gasteiger partial charge on any atom is 0.169 e. The van der Waals surface area contributed by atoms with Gasteiger partial charge in [-0.05, 0) is 52.5 Å². The summed E-state index contributed by atoms with van der Waals surface area (Å²) in [6.45, 7) is 11.6. The molecule has 3 aliphatic rings. The zero-order valence-electron chi connectivity index (χ0n) is 16.3. The third kappa shape index (κ3) is 4.14. The zero-order chi connectivity index (χ0) is 18.5. The van der Waals surface area contributed by atoms with Gasteiger partial charge in [-0.1, -0.05) is 0 Å². The lowest BCUT2D eigenvalue weighted by atomic mass is 10.2. The molecule has 3 saturated heterocycles. The summed E-state index contributed by atoms with van der Waals surface area (Å²) >= 11 is 0. The van der Waals surface area contributed by atoms with E-state index in [2.05, 4.69) is 45.6 Å². The Hall–Kier alpha value is -1.76. The van der Waals surface area contributed by atoms with E-state index in [9.17, 15) is 10.5 Å². The summed E-state index contributed by atoms with van der Waals surface area (Å²) in [5.74, 6) is 0.864. The van der Waals surface area contributed by atoms with Crippen LogP contribution < -0.4 is 0 Å². The van der Waals surface area contributed by atoms with Crippen LogP contribution in [0.25, 0.3) is 0 Å². The number of likely N-dealkylation sites (tertiary alicyclic amines) is 2. The molecule has 142 valence electrons. The molecule has 2 unspecified atom stereocenters. The number of allylic oxidation sites excluding steroid dienone is 1. The van der Waals surface area contributed by atoms with Gasteiger partial charge in [0.1, 0.15) is 18.0 Å². The Morgan fingerprint density at radius 3 is 2.08 bits per heavy atom. The molecule has 0 amide bonds.